The summed E-state index contributed by atoms with van der Waals surface area (Å²) >= 11 is 0. The van der Waals surface area contributed by atoms with E-state index in [1.165, 1.54) is 45.4 Å². The predicted molar refractivity (Wildman–Crippen MR) is 63.9 cm³/mol. The Morgan fingerprint density at radius 2 is 1.93 bits per heavy atom. The summed E-state index contributed by atoms with van der Waals surface area (Å²) in [4.78, 5) is 5.25. The molecule has 2 N–H and O–H groups in total. The van der Waals surface area contributed by atoms with Gasteiger partial charge in [0, 0.05) is 31.2 Å². The summed E-state index contributed by atoms with van der Waals surface area (Å²) in [6, 6.07) is 2.10. The Labute approximate surface area is 93.6 Å². The van der Waals surface area contributed by atoms with Gasteiger partial charge in [0.25, 0.3) is 0 Å². The maximum absolute atomic E-state index is 5.85. The summed E-state index contributed by atoms with van der Waals surface area (Å²) < 4.78 is 0. The predicted octanol–water partition coefficient (Wildman–Crippen LogP) is 0.892. The van der Waals surface area contributed by atoms with Crippen molar-refractivity contribution in [3.63, 3.8) is 0 Å². The number of nitrogens with two attached hydrogens (primary N) is 1. The van der Waals surface area contributed by atoms with Crippen molar-refractivity contribution in [2.45, 2.75) is 51.2 Å². The lowest BCUT2D eigenvalue weighted by molar-refractivity contribution is 0.122. The SMILES string of the molecule is CCN(CC)C1CCN(C2CC(N)C2)C1. The number of nitrogens with zero attached hydrogens (tertiary/aromatic N) is 2. The lowest BCUT2D eigenvalue weighted by Gasteiger charge is -2.39. The van der Waals surface area contributed by atoms with Crippen LogP contribution in [-0.2, 0) is 0 Å². The Bertz CT molecular complexity index is 197. The van der Waals surface area contributed by atoms with Crippen molar-refractivity contribution >= 4 is 0 Å². The average molecular weight is 211 g/mol. The van der Waals surface area contributed by atoms with E-state index in [-0.39, 0.29) is 0 Å². The summed E-state index contributed by atoms with van der Waals surface area (Å²) in [6.45, 7) is 9.49. The van der Waals surface area contributed by atoms with Crippen LogP contribution in [0.4, 0.5) is 0 Å². The molecule has 1 heterocycles. The van der Waals surface area contributed by atoms with E-state index < -0.39 is 0 Å². The van der Waals surface area contributed by atoms with Crippen LogP contribution in [0.25, 0.3) is 0 Å². The van der Waals surface area contributed by atoms with Gasteiger partial charge in [-0.2, -0.15) is 0 Å². The summed E-state index contributed by atoms with van der Waals surface area (Å²) in [7, 11) is 0. The quantitative estimate of drug-likeness (QED) is 0.749. The zero-order valence-electron chi connectivity index (χ0n) is 10.2. The van der Waals surface area contributed by atoms with Crippen LogP contribution in [0.3, 0.4) is 0 Å². The fourth-order valence-electron chi connectivity index (χ4n) is 3.07. The summed E-state index contributed by atoms with van der Waals surface area (Å²) in [6.07, 6.45) is 3.81. The number of likely N-dealkylation sites (N-methyl/N-ethyl adjacent to an activating group) is 1. The minimum atomic E-state index is 0.488. The van der Waals surface area contributed by atoms with Gasteiger partial charge in [-0.15, -0.1) is 0 Å². The first-order chi connectivity index (χ1) is 7.24. The van der Waals surface area contributed by atoms with E-state index in [0.717, 1.165) is 12.1 Å². The van der Waals surface area contributed by atoms with Crippen molar-refractivity contribution in [1.82, 2.24) is 9.80 Å². The van der Waals surface area contributed by atoms with Gasteiger partial charge in [-0.25, -0.2) is 0 Å². The molecule has 0 aromatic rings. The van der Waals surface area contributed by atoms with E-state index in [0.29, 0.717) is 6.04 Å². The lowest BCUT2D eigenvalue weighted by atomic mass is 9.86. The van der Waals surface area contributed by atoms with Gasteiger partial charge < -0.3 is 5.73 Å². The van der Waals surface area contributed by atoms with Gasteiger partial charge in [0.1, 0.15) is 0 Å². The molecule has 1 saturated carbocycles. The van der Waals surface area contributed by atoms with Gasteiger partial charge in [0.2, 0.25) is 0 Å². The van der Waals surface area contributed by atoms with E-state index in [1.54, 1.807) is 0 Å². The van der Waals surface area contributed by atoms with Gasteiger partial charge in [-0.3, -0.25) is 9.80 Å². The van der Waals surface area contributed by atoms with Gasteiger partial charge in [0.05, 0.1) is 0 Å². The monoisotopic (exact) mass is 211 g/mol. The molecule has 3 heteroatoms. The highest BCUT2D eigenvalue weighted by Crippen LogP contribution is 2.28. The molecule has 1 atom stereocenters. The second kappa shape index (κ2) is 4.81. The van der Waals surface area contributed by atoms with Crippen molar-refractivity contribution in [2.75, 3.05) is 26.2 Å². The molecule has 0 amide bonds. The van der Waals surface area contributed by atoms with Gasteiger partial charge in [-0.05, 0) is 32.4 Å². The number of hydrogen-bond acceptors (Lipinski definition) is 3. The van der Waals surface area contributed by atoms with Crippen molar-refractivity contribution in [3.8, 4) is 0 Å². The largest absolute Gasteiger partial charge is 0.328 e. The highest BCUT2D eigenvalue weighted by Gasteiger charge is 2.36. The molecule has 0 aromatic carbocycles. The Hall–Kier alpha value is -0.120. The molecule has 3 nitrogen and oxygen atoms in total. The highest BCUT2D eigenvalue weighted by molar-refractivity contribution is 4.94. The topological polar surface area (TPSA) is 32.5 Å². The van der Waals surface area contributed by atoms with Gasteiger partial charge in [-0.1, -0.05) is 13.8 Å². The van der Waals surface area contributed by atoms with Crippen LogP contribution in [0.15, 0.2) is 0 Å². The van der Waals surface area contributed by atoms with Crippen LogP contribution in [0.2, 0.25) is 0 Å². The summed E-state index contributed by atoms with van der Waals surface area (Å²) in [5.74, 6) is 0. The molecule has 0 spiro atoms. The van der Waals surface area contributed by atoms with Crippen molar-refractivity contribution in [1.29, 1.82) is 0 Å². The van der Waals surface area contributed by atoms with Crippen molar-refractivity contribution in [3.05, 3.63) is 0 Å². The average Bonchev–Trinajstić information content (AvgIpc) is 2.64. The third-order valence-corrected chi connectivity index (χ3v) is 4.19. The summed E-state index contributed by atoms with van der Waals surface area (Å²) in [5, 5.41) is 0. The Morgan fingerprint density at radius 1 is 1.27 bits per heavy atom. The molecule has 2 fully saturated rings. The molecule has 1 aliphatic heterocycles. The third kappa shape index (κ3) is 2.35. The maximum Gasteiger partial charge on any atom is 0.0235 e. The molecular weight excluding hydrogens is 186 g/mol. The van der Waals surface area contributed by atoms with Gasteiger partial charge >= 0.3 is 0 Å². The minimum absolute atomic E-state index is 0.488. The van der Waals surface area contributed by atoms with Crippen LogP contribution < -0.4 is 5.73 Å². The molecule has 15 heavy (non-hydrogen) atoms. The molecule has 0 bridgehead atoms. The Kier molecular flexibility index (Phi) is 3.65. The number of likely N-dealkylation sites (tertiary alicyclic amines) is 1. The lowest BCUT2D eigenvalue weighted by Crippen LogP contribution is -2.50. The molecule has 1 aliphatic carbocycles. The molecular formula is C12H25N3. The second-order valence-corrected chi connectivity index (χ2v) is 5.04. The molecule has 1 unspecified atom stereocenters. The van der Waals surface area contributed by atoms with E-state index in [2.05, 4.69) is 23.6 Å². The van der Waals surface area contributed by atoms with Crippen LogP contribution in [0.1, 0.15) is 33.1 Å². The normalized spacial score (nSPS) is 37.2. The molecule has 2 rings (SSSR count). The van der Waals surface area contributed by atoms with Crippen LogP contribution in [0.5, 0.6) is 0 Å². The second-order valence-electron chi connectivity index (χ2n) is 5.04. The van der Waals surface area contributed by atoms with Crippen molar-refractivity contribution < 1.29 is 0 Å². The Balaban J connectivity index is 1.79. The van der Waals surface area contributed by atoms with Crippen molar-refractivity contribution in [2.24, 2.45) is 5.73 Å². The maximum atomic E-state index is 5.85. The smallest absolute Gasteiger partial charge is 0.0235 e. The number of rotatable bonds is 4. The Morgan fingerprint density at radius 3 is 2.47 bits per heavy atom. The first-order valence-corrected chi connectivity index (χ1v) is 6.48. The first-order valence-electron chi connectivity index (χ1n) is 6.48. The molecule has 1 saturated heterocycles. The fourth-order valence-corrected chi connectivity index (χ4v) is 3.07. The van der Waals surface area contributed by atoms with E-state index >= 15 is 0 Å². The summed E-state index contributed by atoms with van der Waals surface area (Å²) in [5.41, 5.74) is 5.85. The molecule has 2 aliphatic rings. The zero-order chi connectivity index (χ0) is 10.8. The van der Waals surface area contributed by atoms with Crippen LogP contribution >= 0.6 is 0 Å². The molecule has 88 valence electrons. The van der Waals surface area contributed by atoms with Crippen LogP contribution in [0, 0.1) is 0 Å². The number of hydrogen-bond donors (Lipinski definition) is 1. The first kappa shape index (κ1) is 11.4. The van der Waals surface area contributed by atoms with E-state index in [1.807, 2.05) is 0 Å². The van der Waals surface area contributed by atoms with E-state index in [9.17, 15) is 0 Å². The minimum Gasteiger partial charge on any atom is -0.328 e. The molecule has 0 radical (unpaired) electrons. The molecule has 0 aromatic heterocycles. The van der Waals surface area contributed by atoms with Gasteiger partial charge in [0.15, 0.2) is 0 Å². The highest BCUT2D eigenvalue weighted by atomic mass is 15.3. The fraction of sp³-hybridized carbons (Fsp3) is 1.00. The zero-order valence-corrected chi connectivity index (χ0v) is 10.2. The standard InChI is InChI=1S/C12H25N3/c1-3-14(4-2)11-5-6-15(9-11)12-7-10(13)8-12/h10-12H,3-9,13H2,1-2H3. The third-order valence-electron chi connectivity index (χ3n) is 4.19. The van der Waals surface area contributed by atoms with Crippen LogP contribution in [-0.4, -0.2) is 54.1 Å². The van der Waals surface area contributed by atoms with E-state index in [4.69, 9.17) is 5.73 Å².